The van der Waals surface area contributed by atoms with Crippen LogP contribution in [-0.4, -0.2) is 55.2 Å². The van der Waals surface area contributed by atoms with Gasteiger partial charge in [-0.15, -0.1) is 11.3 Å². The number of rotatable bonds is 11. The number of nitriles is 1. The number of carbonyl (C=O) groups excluding carboxylic acids is 1. The summed E-state index contributed by atoms with van der Waals surface area (Å²) in [5.74, 6) is 1.24. The Balaban J connectivity index is 1.20. The summed E-state index contributed by atoms with van der Waals surface area (Å²) in [5, 5.41) is 9.00. The number of halogens is 1. The molecule has 0 aliphatic carbocycles. The number of ether oxygens (including phenoxy) is 3. The van der Waals surface area contributed by atoms with Crippen LogP contribution < -0.4 is 9.47 Å². The minimum atomic E-state index is -0.638. The molecule has 2 aromatic carbocycles. The largest absolute Gasteiger partial charge is 0.489 e. The predicted molar refractivity (Wildman–Crippen MR) is 189 cm³/mol. The number of imidazole rings is 1. The molecule has 1 aliphatic rings. The van der Waals surface area contributed by atoms with Gasteiger partial charge in [-0.3, -0.25) is 9.88 Å². The van der Waals surface area contributed by atoms with Gasteiger partial charge in [0.15, 0.2) is 0 Å². The SMILES string of the molecule is CC(C)Oc1cc(C(=O)OC(C)(C)C)cc2c1nc(CN1CCC(c3cccc(OCc4ccc(C#N)cc4F)n3)CC1)n2Cc1cncs1. The van der Waals surface area contributed by atoms with E-state index in [4.69, 9.17) is 29.4 Å². The summed E-state index contributed by atoms with van der Waals surface area (Å²) in [4.78, 5) is 30.9. The minimum absolute atomic E-state index is 0.0260. The maximum atomic E-state index is 14.4. The summed E-state index contributed by atoms with van der Waals surface area (Å²) < 4.78 is 34.3. The number of carbonyl (C=O) groups is 1. The first-order valence-corrected chi connectivity index (χ1v) is 17.6. The molecule has 1 fully saturated rings. The van der Waals surface area contributed by atoms with E-state index in [1.165, 1.54) is 6.07 Å². The first kappa shape index (κ1) is 35.0. The monoisotopic (exact) mass is 696 g/mol. The zero-order valence-electron chi connectivity index (χ0n) is 29.0. The van der Waals surface area contributed by atoms with Crippen molar-refractivity contribution in [2.45, 2.75) is 84.8 Å². The van der Waals surface area contributed by atoms with Crippen LogP contribution in [0.5, 0.6) is 11.6 Å². The number of nitrogens with zero attached hydrogens (tertiary/aromatic N) is 6. The van der Waals surface area contributed by atoms with Gasteiger partial charge in [0.1, 0.15) is 35.1 Å². The number of thiazole rings is 1. The molecule has 0 radical (unpaired) electrons. The van der Waals surface area contributed by atoms with Crippen LogP contribution in [-0.2, 0) is 24.4 Å². The molecule has 1 aliphatic heterocycles. The van der Waals surface area contributed by atoms with Crippen molar-refractivity contribution >= 4 is 28.3 Å². The van der Waals surface area contributed by atoms with Crippen LogP contribution in [0.15, 0.2) is 60.2 Å². The van der Waals surface area contributed by atoms with E-state index < -0.39 is 17.4 Å². The number of benzene rings is 2. The van der Waals surface area contributed by atoms with E-state index in [-0.39, 0.29) is 24.2 Å². The van der Waals surface area contributed by atoms with Crippen LogP contribution in [0.2, 0.25) is 0 Å². The second-order valence-corrected chi connectivity index (χ2v) is 14.7. The molecular formula is C38H41FN6O4S. The number of aromatic nitrogens is 4. The zero-order valence-corrected chi connectivity index (χ0v) is 29.8. The average molecular weight is 697 g/mol. The molecule has 0 atom stereocenters. The van der Waals surface area contributed by atoms with Crippen LogP contribution >= 0.6 is 11.3 Å². The highest BCUT2D eigenvalue weighted by molar-refractivity contribution is 7.09. The summed E-state index contributed by atoms with van der Waals surface area (Å²) >= 11 is 1.58. The number of pyridine rings is 1. The van der Waals surface area contributed by atoms with Crippen molar-refractivity contribution in [3.63, 3.8) is 0 Å². The van der Waals surface area contributed by atoms with Gasteiger partial charge in [0.25, 0.3) is 0 Å². The van der Waals surface area contributed by atoms with Gasteiger partial charge in [-0.1, -0.05) is 12.1 Å². The fraction of sp³-hybridized carbons (Fsp3) is 0.395. The molecule has 4 heterocycles. The standard InChI is InChI=1S/C38H41FN6O4S/c1-24(2)48-33-17-28(37(46)49-38(3,4)5)16-32-36(33)43-34(45(32)20-29-19-41-23-50-29)21-44-13-11-26(12-14-44)31-7-6-8-35(42-31)47-22-27-10-9-25(18-40)15-30(27)39/h6-10,15-17,19,23-24,26H,11-14,20-22H2,1-5H3. The quantitative estimate of drug-likeness (QED) is 0.129. The van der Waals surface area contributed by atoms with E-state index in [2.05, 4.69) is 14.5 Å². The van der Waals surface area contributed by atoms with Gasteiger partial charge in [-0.05, 0) is 90.9 Å². The zero-order chi connectivity index (χ0) is 35.4. The maximum absolute atomic E-state index is 14.4. The number of hydrogen-bond donors (Lipinski definition) is 0. The molecule has 260 valence electrons. The van der Waals surface area contributed by atoms with Crippen LogP contribution in [0.25, 0.3) is 11.0 Å². The normalized spacial score (nSPS) is 14.2. The van der Waals surface area contributed by atoms with Crippen LogP contribution in [0.3, 0.4) is 0 Å². The summed E-state index contributed by atoms with van der Waals surface area (Å²) in [7, 11) is 0. The van der Waals surface area contributed by atoms with Gasteiger partial charge in [-0.25, -0.2) is 19.2 Å². The molecule has 0 amide bonds. The predicted octanol–water partition coefficient (Wildman–Crippen LogP) is 7.65. The van der Waals surface area contributed by atoms with E-state index in [0.29, 0.717) is 41.4 Å². The van der Waals surface area contributed by atoms with E-state index in [1.807, 2.05) is 70.6 Å². The minimum Gasteiger partial charge on any atom is -0.489 e. The molecule has 10 nitrogen and oxygen atoms in total. The number of piperidine rings is 1. The number of esters is 1. The lowest BCUT2D eigenvalue weighted by Crippen LogP contribution is -2.33. The Morgan fingerprint density at radius 3 is 2.58 bits per heavy atom. The third-order valence-corrected chi connectivity index (χ3v) is 9.13. The van der Waals surface area contributed by atoms with Crippen molar-refractivity contribution in [1.82, 2.24) is 24.4 Å². The molecule has 0 spiro atoms. The lowest BCUT2D eigenvalue weighted by molar-refractivity contribution is 0.00690. The summed E-state index contributed by atoms with van der Waals surface area (Å²) in [6, 6.07) is 15.6. The van der Waals surface area contributed by atoms with Gasteiger partial charge in [-0.2, -0.15) is 5.26 Å². The highest BCUT2D eigenvalue weighted by Crippen LogP contribution is 2.33. The third kappa shape index (κ3) is 8.46. The van der Waals surface area contributed by atoms with Crippen LogP contribution in [0.1, 0.15) is 91.3 Å². The molecular weight excluding hydrogens is 656 g/mol. The molecule has 0 bridgehead atoms. The number of hydrogen-bond acceptors (Lipinski definition) is 10. The highest BCUT2D eigenvalue weighted by atomic mass is 32.1. The van der Waals surface area contributed by atoms with Crippen molar-refractivity contribution in [1.29, 1.82) is 5.26 Å². The van der Waals surface area contributed by atoms with E-state index in [9.17, 15) is 9.18 Å². The molecule has 12 heteroatoms. The van der Waals surface area contributed by atoms with E-state index >= 15 is 0 Å². The fourth-order valence-corrected chi connectivity index (χ4v) is 6.61. The fourth-order valence-electron chi connectivity index (χ4n) is 6.02. The average Bonchev–Trinajstić information content (AvgIpc) is 3.72. The number of fused-ring (bicyclic) bond motifs is 1. The lowest BCUT2D eigenvalue weighted by Gasteiger charge is -2.31. The summed E-state index contributed by atoms with van der Waals surface area (Å²) in [6.45, 7) is 12.4. The third-order valence-electron chi connectivity index (χ3n) is 8.37. The summed E-state index contributed by atoms with van der Waals surface area (Å²) in [6.07, 6.45) is 3.55. The van der Waals surface area contributed by atoms with Crippen molar-refractivity contribution in [2.24, 2.45) is 0 Å². The molecule has 0 N–H and O–H groups in total. The smallest absolute Gasteiger partial charge is 0.338 e. The van der Waals surface area contributed by atoms with Gasteiger partial charge in [0, 0.05) is 34.3 Å². The van der Waals surface area contributed by atoms with Crippen molar-refractivity contribution < 1.29 is 23.4 Å². The van der Waals surface area contributed by atoms with Crippen molar-refractivity contribution in [3.8, 4) is 17.7 Å². The first-order valence-electron chi connectivity index (χ1n) is 16.8. The number of likely N-dealkylation sites (tertiary alicyclic amines) is 1. The summed E-state index contributed by atoms with van der Waals surface area (Å²) in [5.41, 5.74) is 4.71. The van der Waals surface area contributed by atoms with E-state index in [0.717, 1.165) is 47.8 Å². The van der Waals surface area contributed by atoms with Gasteiger partial charge in [0.05, 0.1) is 47.4 Å². The molecule has 0 saturated carbocycles. The van der Waals surface area contributed by atoms with Crippen LogP contribution in [0.4, 0.5) is 4.39 Å². The molecule has 1 saturated heterocycles. The Morgan fingerprint density at radius 1 is 1.10 bits per heavy atom. The second kappa shape index (κ2) is 14.9. The second-order valence-electron chi connectivity index (χ2n) is 13.8. The van der Waals surface area contributed by atoms with Crippen molar-refractivity contribution in [3.05, 3.63) is 99.1 Å². The van der Waals surface area contributed by atoms with Crippen LogP contribution in [0, 0.1) is 17.1 Å². The maximum Gasteiger partial charge on any atom is 0.338 e. The Bertz CT molecular complexity index is 2010. The molecule has 0 unspecified atom stereocenters. The molecule has 50 heavy (non-hydrogen) atoms. The Kier molecular flexibility index (Phi) is 10.5. The van der Waals surface area contributed by atoms with Gasteiger partial charge < -0.3 is 18.8 Å². The Hall–Kier alpha value is -4.86. The van der Waals surface area contributed by atoms with Gasteiger partial charge in [0.2, 0.25) is 5.88 Å². The lowest BCUT2D eigenvalue weighted by atomic mass is 9.93. The van der Waals surface area contributed by atoms with Crippen molar-refractivity contribution in [2.75, 3.05) is 13.1 Å². The van der Waals surface area contributed by atoms with E-state index in [1.54, 1.807) is 35.6 Å². The first-order chi connectivity index (χ1) is 24.0. The Morgan fingerprint density at radius 2 is 1.90 bits per heavy atom. The highest BCUT2D eigenvalue weighted by Gasteiger charge is 2.27. The molecule has 6 rings (SSSR count). The Labute approximate surface area is 295 Å². The molecule has 3 aromatic heterocycles. The molecule has 5 aromatic rings. The van der Waals surface area contributed by atoms with Gasteiger partial charge >= 0.3 is 5.97 Å². The topological polar surface area (TPSA) is 115 Å².